The van der Waals surface area contributed by atoms with Crippen molar-refractivity contribution >= 4 is 15.9 Å². The van der Waals surface area contributed by atoms with E-state index < -0.39 is 10.0 Å². The molecule has 0 N–H and O–H groups in total. The summed E-state index contributed by atoms with van der Waals surface area (Å²) in [6.07, 6.45) is 1.27. The van der Waals surface area contributed by atoms with Crippen molar-refractivity contribution in [2.24, 2.45) is 11.8 Å². The first-order chi connectivity index (χ1) is 13.3. The smallest absolute Gasteiger partial charge is 0.254 e. The maximum atomic E-state index is 13.4. The quantitative estimate of drug-likeness (QED) is 0.799. The van der Waals surface area contributed by atoms with Crippen molar-refractivity contribution in [3.8, 4) is 0 Å². The zero-order valence-corrected chi connectivity index (χ0v) is 17.3. The molecule has 0 saturated carbocycles. The minimum Gasteiger partial charge on any atom is -0.331 e. The number of aryl methyl sites for hydroxylation is 2. The second-order valence-corrected chi connectivity index (χ2v) is 10.1. The van der Waals surface area contributed by atoms with Gasteiger partial charge in [0.1, 0.15) is 0 Å². The standard InChI is InChI=1S/C22H26N2O3S/c1-15-9-10-18(11-16(15)2)22(25)24-13-19-12-23(28(3,26)27)14-20(19)21(24)17-7-5-4-6-8-17/h4-11,19-21H,12-14H2,1-3H3/t19-,20-,21+/m0/s1. The summed E-state index contributed by atoms with van der Waals surface area (Å²) in [5, 5.41) is 0. The molecule has 0 aromatic heterocycles. The number of carbonyl (C=O) groups is 1. The van der Waals surface area contributed by atoms with Crippen LogP contribution in [0.3, 0.4) is 0 Å². The topological polar surface area (TPSA) is 57.7 Å². The van der Waals surface area contributed by atoms with Crippen molar-refractivity contribution < 1.29 is 13.2 Å². The molecule has 2 saturated heterocycles. The van der Waals surface area contributed by atoms with Crippen molar-refractivity contribution in [3.63, 3.8) is 0 Å². The van der Waals surface area contributed by atoms with Crippen LogP contribution in [0.4, 0.5) is 0 Å². The fraction of sp³-hybridized carbons (Fsp3) is 0.409. The Morgan fingerprint density at radius 3 is 2.32 bits per heavy atom. The molecule has 2 aliphatic rings. The second kappa shape index (κ2) is 7.01. The van der Waals surface area contributed by atoms with Crippen LogP contribution in [0.2, 0.25) is 0 Å². The Labute approximate surface area is 167 Å². The van der Waals surface area contributed by atoms with E-state index in [9.17, 15) is 13.2 Å². The molecule has 2 aromatic rings. The lowest BCUT2D eigenvalue weighted by molar-refractivity contribution is 0.0709. The average Bonchev–Trinajstić information content (AvgIpc) is 3.22. The number of hydrogen-bond acceptors (Lipinski definition) is 3. The number of nitrogens with zero attached hydrogens (tertiary/aromatic N) is 2. The maximum absolute atomic E-state index is 13.4. The molecule has 2 heterocycles. The zero-order chi connectivity index (χ0) is 20.1. The van der Waals surface area contributed by atoms with E-state index in [2.05, 4.69) is 0 Å². The Morgan fingerprint density at radius 2 is 1.68 bits per heavy atom. The molecule has 2 aliphatic heterocycles. The first kappa shape index (κ1) is 19.2. The van der Waals surface area contributed by atoms with E-state index in [-0.39, 0.29) is 23.8 Å². The SMILES string of the molecule is Cc1ccc(C(=O)N2C[C@@H]3CN(S(C)(=O)=O)C[C@@H]3[C@H]2c2ccccc2)cc1C. The van der Waals surface area contributed by atoms with Gasteiger partial charge in [0.25, 0.3) is 5.91 Å². The Kier molecular flexibility index (Phi) is 4.79. The molecule has 5 nitrogen and oxygen atoms in total. The minimum absolute atomic E-state index is 0.0252. The van der Waals surface area contributed by atoms with E-state index >= 15 is 0 Å². The third-order valence-corrected chi connectivity index (χ3v) is 7.49. The third kappa shape index (κ3) is 3.35. The summed E-state index contributed by atoms with van der Waals surface area (Å²) < 4.78 is 25.7. The molecule has 4 rings (SSSR count). The number of benzene rings is 2. The fourth-order valence-electron chi connectivity index (χ4n) is 4.60. The van der Waals surface area contributed by atoms with Gasteiger partial charge in [-0.2, -0.15) is 0 Å². The maximum Gasteiger partial charge on any atom is 0.254 e. The number of likely N-dealkylation sites (tertiary alicyclic amines) is 1. The predicted molar refractivity (Wildman–Crippen MR) is 110 cm³/mol. The predicted octanol–water partition coefficient (Wildman–Crippen LogP) is 3.01. The largest absolute Gasteiger partial charge is 0.331 e. The summed E-state index contributed by atoms with van der Waals surface area (Å²) in [7, 11) is -3.22. The van der Waals surface area contributed by atoms with Crippen molar-refractivity contribution in [1.82, 2.24) is 9.21 Å². The van der Waals surface area contributed by atoms with Crippen molar-refractivity contribution in [2.75, 3.05) is 25.9 Å². The number of amides is 1. The number of carbonyl (C=O) groups excluding carboxylic acids is 1. The lowest BCUT2D eigenvalue weighted by Gasteiger charge is -2.30. The van der Waals surface area contributed by atoms with E-state index in [0.717, 1.165) is 11.1 Å². The number of sulfonamides is 1. The summed E-state index contributed by atoms with van der Waals surface area (Å²) in [5.74, 6) is 0.306. The summed E-state index contributed by atoms with van der Waals surface area (Å²) in [4.78, 5) is 15.4. The monoisotopic (exact) mass is 398 g/mol. The Balaban J connectivity index is 1.69. The van der Waals surface area contributed by atoms with Gasteiger partial charge in [-0.15, -0.1) is 0 Å². The molecule has 3 atom stereocenters. The van der Waals surface area contributed by atoms with E-state index in [4.69, 9.17) is 0 Å². The Hall–Kier alpha value is -2.18. The summed E-state index contributed by atoms with van der Waals surface area (Å²) >= 11 is 0. The summed E-state index contributed by atoms with van der Waals surface area (Å²) in [6.45, 7) is 5.60. The molecule has 0 spiro atoms. The van der Waals surface area contributed by atoms with E-state index in [1.165, 1.54) is 11.8 Å². The van der Waals surface area contributed by atoms with Gasteiger partial charge in [-0.25, -0.2) is 12.7 Å². The molecule has 1 amide bonds. The molecule has 6 heteroatoms. The third-order valence-electron chi connectivity index (χ3n) is 6.26. The Morgan fingerprint density at radius 1 is 0.964 bits per heavy atom. The van der Waals surface area contributed by atoms with Crippen LogP contribution in [0, 0.1) is 25.7 Å². The highest BCUT2D eigenvalue weighted by molar-refractivity contribution is 7.88. The van der Waals surface area contributed by atoms with Crippen molar-refractivity contribution in [3.05, 3.63) is 70.8 Å². The molecule has 0 unspecified atom stereocenters. The molecular formula is C22H26N2O3S. The molecule has 0 radical (unpaired) electrons. The lowest BCUT2D eigenvalue weighted by atomic mass is 9.89. The van der Waals surface area contributed by atoms with Gasteiger partial charge in [-0.3, -0.25) is 4.79 Å². The first-order valence-corrected chi connectivity index (χ1v) is 11.5. The highest BCUT2D eigenvalue weighted by Gasteiger charge is 2.50. The van der Waals surface area contributed by atoms with Crippen LogP contribution in [0.1, 0.15) is 33.1 Å². The van der Waals surface area contributed by atoms with Crippen LogP contribution in [0.25, 0.3) is 0 Å². The van der Waals surface area contributed by atoms with Gasteiger partial charge < -0.3 is 4.90 Å². The Bertz CT molecular complexity index is 1000. The van der Waals surface area contributed by atoms with E-state index in [1.807, 2.05) is 67.3 Å². The van der Waals surface area contributed by atoms with Crippen LogP contribution in [-0.4, -0.2) is 49.4 Å². The molecule has 0 aliphatic carbocycles. The molecule has 2 fully saturated rings. The number of hydrogen-bond donors (Lipinski definition) is 0. The molecule has 148 valence electrons. The fourth-order valence-corrected chi connectivity index (χ4v) is 5.51. The summed E-state index contributed by atoms with van der Waals surface area (Å²) in [5.41, 5.74) is 4.04. The van der Waals surface area contributed by atoms with Crippen LogP contribution in [0.15, 0.2) is 48.5 Å². The van der Waals surface area contributed by atoms with Gasteiger partial charge >= 0.3 is 0 Å². The minimum atomic E-state index is -3.22. The van der Waals surface area contributed by atoms with Crippen molar-refractivity contribution in [1.29, 1.82) is 0 Å². The van der Waals surface area contributed by atoms with Gasteiger partial charge in [0.15, 0.2) is 0 Å². The number of rotatable bonds is 3. The average molecular weight is 399 g/mol. The van der Waals surface area contributed by atoms with Crippen LogP contribution in [0.5, 0.6) is 0 Å². The van der Waals surface area contributed by atoms with Crippen LogP contribution < -0.4 is 0 Å². The summed E-state index contributed by atoms with van der Waals surface area (Å²) in [6, 6.07) is 15.7. The van der Waals surface area contributed by atoms with Crippen molar-refractivity contribution in [2.45, 2.75) is 19.9 Å². The van der Waals surface area contributed by atoms with Gasteiger partial charge in [0.05, 0.1) is 12.3 Å². The van der Waals surface area contributed by atoms with Gasteiger partial charge in [-0.05, 0) is 48.6 Å². The number of fused-ring (bicyclic) bond motifs is 1. The molecule has 0 bridgehead atoms. The van der Waals surface area contributed by atoms with Gasteiger partial charge in [0.2, 0.25) is 10.0 Å². The molecule has 28 heavy (non-hydrogen) atoms. The molecular weight excluding hydrogens is 372 g/mol. The van der Waals surface area contributed by atoms with Crippen LogP contribution >= 0.6 is 0 Å². The normalized spacial score (nSPS) is 25.1. The highest BCUT2D eigenvalue weighted by Crippen LogP contribution is 2.46. The van der Waals surface area contributed by atoms with Crippen LogP contribution in [-0.2, 0) is 10.0 Å². The molecule has 2 aromatic carbocycles. The van der Waals surface area contributed by atoms with E-state index in [1.54, 1.807) is 4.31 Å². The van der Waals surface area contributed by atoms with Gasteiger partial charge in [-0.1, -0.05) is 36.4 Å². The van der Waals surface area contributed by atoms with E-state index in [0.29, 0.717) is 25.2 Å². The zero-order valence-electron chi connectivity index (χ0n) is 16.5. The highest BCUT2D eigenvalue weighted by atomic mass is 32.2. The van der Waals surface area contributed by atoms with Gasteiger partial charge in [0, 0.05) is 31.1 Å². The lowest BCUT2D eigenvalue weighted by Crippen LogP contribution is -2.37. The first-order valence-electron chi connectivity index (χ1n) is 9.64. The second-order valence-electron chi connectivity index (χ2n) is 8.12.